The zero-order valence-corrected chi connectivity index (χ0v) is 13.8. The van der Waals surface area contributed by atoms with Gasteiger partial charge in [-0.25, -0.2) is 0 Å². The van der Waals surface area contributed by atoms with Crippen molar-refractivity contribution < 1.29 is 4.79 Å². The van der Waals surface area contributed by atoms with Crippen LogP contribution >= 0.6 is 0 Å². The highest BCUT2D eigenvalue weighted by Crippen LogP contribution is 2.08. The van der Waals surface area contributed by atoms with Crippen LogP contribution in [0.2, 0.25) is 0 Å². The van der Waals surface area contributed by atoms with E-state index in [2.05, 4.69) is 53.6 Å². The third-order valence-electron chi connectivity index (χ3n) is 3.75. The van der Waals surface area contributed by atoms with Gasteiger partial charge in [0, 0.05) is 25.6 Å². The van der Waals surface area contributed by atoms with Crippen LogP contribution in [-0.2, 0) is 17.9 Å². The van der Waals surface area contributed by atoms with E-state index in [1.165, 1.54) is 5.56 Å². The maximum absolute atomic E-state index is 11.8. The first-order valence-corrected chi connectivity index (χ1v) is 7.83. The number of hydrogen-bond donors (Lipinski definition) is 2. The van der Waals surface area contributed by atoms with Crippen molar-refractivity contribution in [2.24, 2.45) is 5.92 Å². The molecule has 0 spiro atoms. The minimum absolute atomic E-state index is 0.00283. The molecule has 0 bridgehead atoms. The Kier molecular flexibility index (Phi) is 8.01. The molecule has 4 heteroatoms. The van der Waals surface area contributed by atoms with Crippen LogP contribution in [0.1, 0.15) is 31.9 Å². The predicted molar refractivity (Wildman–Crippen MR) is 88.0 cm³/mol. The van der Waals surface area contributed by atoms with E-state index in [1.807, 2.05) is 14.0 Å². The van der Waals surface area contributed by atoms with Crippen LogP contribution in [0.3, 0.4) is 0 Å². The van der Waals surface area contributed by atoms with Crippen LogP contribution in [0.25, 0.3) is 0 Å². The fourth-order valence-corrected chi connectivity index (χ4v) is 2.23. The molecule has 0 aliphatic rings. The Labute approximate surface area is 128 Å². The van der Waals surface area contributed by atoms with Crippen molar-refractivity contribution in [3.63, 3.8) is 0 Å². The molecule has 1 aromatic rings. The lowest BCUT2D eigenvalue weighted by Gasteiger charge is -2.18. The third kappa shape index (κ3) is 6.27. The fraction of sp³-hybridized carbons (Fsp3) is 0.588. The summed E-state index contributed by atoms with van der Waals surface area (Å²) in [6.07, 6.45) is 0. The van der Waals surface area contributed by atoms with Crippen molar-refractivity contribution in [1.29, 1.82) is 0 Å². The molecular weight excluding hydrogens is 262 g/mol. The van der Waals surface area contributed by atoms with Gasteiger partial charge in [0.1, 0.15) is 0 Å². The summed E-state index contributed by atoms with van der Waals surface area (Å²) in [7, 11) is 1.86. The second-order valence-electron chi connectivity index (χ2n) is 5.45. The molecule has 0 aliphatic heterocycles. The van der Waals surface area contributed by atoms with Crippen molar-refractivity contribution in [2.75, 3.05) is 26.7 Å². The van der Waals surface area contributed by atoms with Gasteiger partial charge < -0.3 is 10.6 Å². The molecule has 0 radical (unpaired) electrons. The van der Waals surface area contributed by atoms with E-state index in [-0.39, 0.29) is 11.8 Å². The number of carbonyl (C=O) groups is 1. The molecule has 0 aliphatic carbocycles. The van der Waals surface area contributed by atoms with E-state index in [0.717, 1.165) is 25.2 Å². The highest BCUT2D eigenvalue weighted by Gasteiger charge is 2.10. The summed E-state index contributed by atoms with van der Waals surface area (Å²) in [6, 6.07) is 8.50. The van der Waals surface area contributed by atoms with Gasteiger partial charge in [-0.2, -0.15) is 0 Å². The number of nitrogens with zero attached hydrogens (tertiary/aromatic N) is 1. The van der Waals surface area contributed by atoms with Crippen LogP contribution in [0.15, 0.2) is 24.3 Å². The maximum Gasteiger partial charge on any atom is 0.224 e. The Bertz CT molecular complexity index is 413. The smallest absolute Gasteiger partial charge is 0.224 e. The van der Waals surface area contributed by atoms with Crippen molar-refractivity contribution in [3.8, 4) is 0 Å². The van der Waals surface area contributed by atoms with Crippen LogP contribution in [0, 0.1) is 5.92 Å². The first-order chi connectivity index (χ1) is 10.1. The van der Waals surface area contributed by atoms with Gasteiger partial charge in [-0.3, -0.25) is 9.69 Å². The molecule has 0 fully saturated rings. The molecule has 0 saturated carbocycles. The van der Waals surface area contributed by atoms with Gasteiger partial charge in [0.2, 0.25) is 5.91 Å². The number of benzene rings is 1. The van der Waals surface area contributed by atoms with Gasteiger partial charge in [-0.05, 0) is 31.3 Å². The van der Waals surface area contributed by atoms with Gasteiger partial charge in [-0.15, -0.1) is 0 Å². The number of amides is 1. The van der Waals surface area contributed by atoms with E-state index in [1.54, 1.807) is 0 Å². The largest absolute Gasteiger partial charge is 0.352 e. The lowest BCUT2D eigenvalue weighted by Crippen LogP contribution is -2.33. The normalized spacial score (nSPS) is 12.4. The molecule has 0 aromatic heterocycles. The van der Waals surface area contributed by atoms with Gasteiger partial charge in [0.25, 0.3) is 0 Å². The standard InChI is InChI=1S/C17H29N3O/c1-5-20(6-2)13-16-9-7-15(8-10-16)12-19-17(21)14(3)11-18-4/h7-10,14,18H,5-6,11-13H2,1-4H3,(H,19,21). The van der Waals surface area contributed by atoms with E-state index in [4.69, 9.17) is 0 Å². The average molecular weight is 291 g/mol. The first kappa shape index (κ1) is 17.7. The summed E-state index contributed by atoms with van der Waals surface area (Å²) in [5.41, 5.74) is 2.46. The summed E-state index contributed by atoms with van der Waals surface area (Å²) < 4.78 is 0. The zero-order chi connectivity index (χ0) is 15.7. The topological polar surface area (TPSA) is 44.4 Å². The molecule has 1 aromatic carbocycles. The van der Waals surface area contributed by atoms with Crippen molar-refractivity contribution in [3.05, 3.63) is 35.4 Å². The molecule has 2 N–H and O–H groups in total. The highest BCUT2D eigenvalue weighted by atomic mass is 16.1. The van der Waals surface area contributed by atoms with E-state index in [0.29, 0.717) is 13.1 Å². The lowest BCUT2D eigenvalue weighted by molar-refractivity contribution is -0.124. The quantitative estimate of drug-likeness (QED) is 0.731. The van der Waals surface area contributed by atoms with Crippen molar-refractivity contribution in [2.45, 2.75) is 33.9 Å². The lowest BCUT2D eigenvalue weighted by atomic mass is 10.1. The molecule has 1 atom stereocenters. The molecule has 118 valence electrons. The Morgan fingerprint density at radius 2 is 1.71 bits per heavy atom. The zero-order valence-electron chi connectivity index (χ0n) is 13.8. The van der Waals surface area contributed by atoms with Gasteiger partial charge in [0.15, 0.2) is 0 Å². The Hall–Kier alpha value is -1.39. The second kappa shape index (κ2) is 9.53. The van der Waals surface area contributed by atoms with Gasteiger partial charge in [-0.1, -0.05) is 45.0 Å². The summed E-state index contributed by atoms with van der Waals surface area (Å²) in [4.78, 5) is 14.2. The van der Waals surface area contributed by atoms with E-state index >= 15 is 0 Å². The number of rotatable bonds is 9. The predicted octanol–water partition coefficient (Wildman–Crippen LogP) is 2.00. The molecule has 4 nitrogen and oxygen atoms in total. The monoisotopic (exact) mass is 291 g/mol. The minimum atomic E-state index is -0.00283. The molecule has 0 saturated heterocycles. The Balaban J connectivity index is 2.46. The van der Waals surface area contributed by atoms with Gasteiger partial charge in [0.05, 0.1) is 0 Å². The molecule has 21 heavy (non-hydrogen) atoms. The number of nitrogens with one attached hydrogen (secondary N) is 2. The molecule has 1 rings (SSSR count). The summed E-state index contributed by atoms with van der Waals surface area (Å²) in [6.45, 7) is 10.7. The minimum Gasteiger partial charge on any atom is -0.352 e. The molecule has 0 heterocycles. The van der Waals surface area contributed by atoms with Crippen molar-refractivity contribution >= 4 is 5.91 Å². The Morgan fingerprint density at radius 3 is 2.24 bits per heavy atom. The summed E-state index contributed by atoms with van der Waals surface area (Å²) >= 11 is 0. The molecular formula is C17H29N3O. The second-order valence-corrected chi connectivity index (χ2v) is 5.45. The molecule has 1 unspecified atom stereocenters. The molecule has 1 amide bonds. The van der Waals surface area contributed by atoms with Crippen LogP contribution in [-0.4, -0.2) is 37.5 Å². The average Bonchev–Trinajstić information content (AvgIpc) is 2.51. The fourth-order valence-electron chi connectivity index (χ4n) is 2.23. The van der Waals surface area contributed by atoms with Crippen LogP contribution in [0.5, 0.6) is 0 Å². The number of hydrogen-bond acceptors (Lipinski definition) is 3. The van der Waals surface area contributed by atoms with E-state index < -0.39 is 0 Å². The first-order valence-electron chi connectivity index (χ1n) is 7.83. The van der Waals surface area contributed by atoms with Gasteiger partial charge >= 0.3 is 0 Å². The van der Waals surface area contributed by atoms with Crippen molar-refractivity contribution in [1.82, 2.24) is 15.5 Å². The third-order valence-corrected chi connectivity index (χ3v) is 3.75. The highest BCUT2D eigenvalue weighted by molar-refractivity contribution is 5.78. The number of carbonyl (C=O) groups excluding carboxylic acids is 1. The van der Waals surface area contributed by atoms with E-state index in [9.17, 15) is 4.79 Å². The summed E-state index contributed by atoms with van der Waals surface area (Å²) in [5, 5.41) is 5.99. The Morgan fingerprint density at radius 1 is 1.14 bits per heavy atom. The SMILES string of the molecule is CCN(CC)Cc1ccc(CNC(=O)C(C)CNC)cc1. The van der Waals surface area contributed by atoms with Crippen LogP contribution in [0.4, 0.5) is 0 Å². The summed E-state index contributed by atoms with van der Waals surface area (Å²) in [5.74, 6) is 0.0912. The maximum atomic E-state index is 11.8. The van der Waals surface area contributed by atoms with Crippen LogP contribution < -0.4 is 10.6 Å².